The summed E-state index contributed by atoms with van der Waals surface area (Å²) < 4.78 is 21.6. The molecule has 0 heterocycles. The zero-order valence-electron chi connectivity index (χ0n) is 15.4. The average molecular weight is 360 g/mol. The van der Waals surface area contributed by atoms with Crippen molar-refractivity contribution in [2.75, 3.05) is 27.9 Å². The summed E-state index contributed by atoms with van der Waals surface area (Å²) in [4.78, 5) is 11.9. The number of ether oxygens (including phenoxy) is 4. The highest BCUT2D eigenvalue weighted by atomic mass is 16.5. The number of hydrogen-bond donors (Lipinski definition) is 1. The Morgan fingerprint density at radius 1 is 1.00 bits per heavy atom. The lowest BCUT2D eigenvalue weighted by Gasteiger charge is -2.18. The molecule has 0 amide bonds. The van der Waals surface area contributed by atoms with Crippen LogP contribution in [0.4, 0.5) is 0 Å². The molecule has 0 saturated carbocycles. The smallest absolute Gasteiger partial charge is 0.311 e. The van der Waals surface area contributed by atoms with Crippen LogP contribution in [0.3, 0.4) is 0 Å². The summed E-state index contributed by atoms with van der Waals surface area (Å²) in [5.41, 5.74) is 1.40. The van der Waals surface area contributed by atoms with E-state index in [0.29, 0.717) is 35.2 Å². The zero-order valence-corrected chi connectivity index (χ0v) is 15.4. The Kier molecular flexibility index (Phi) is 6.72. The quantitative estimate of drug-likeness (QED) is 0.737. The van der Waals surface area contributed by atoms with E-state index in [2.05, 4.69) is 0 Å². The largest absolute Gasteiger partial charge is 0.493 e. The third-order valence-corrected chi connectivity index (χ3v) is 4.10. The first-order chi connectivity index (χ1) is 12.5. The Hall–Kier alpha value is -2.89. The fourth-order valence-corrected chi connectivity index (χ4v) is 2.83. The molecule has 0 spiro atoms. The third-order valence-electron chi connectivity index (χ3n) is 4.10. The average Bonchev–Trinajstić information content (AvgIpc) is 2.66. The number of methoxy groups -OCH3 is 3. The first kappa shape index (κ1) is 19.4. The molecule has 26 heavy (non-hydrogen) atoms. The van der Waals surface area contributed by atoms with Crippen molar-refractivity contribution < 1.29 is 28.8 Å². The monoisotopic (exact) mass is 360 g/mol. The zero-order chi connectivity index (χ0) is 19.1. The second-order valence-electron chi connectivity index (χ2n) is 5.59. The second kappa shape index (κ2) is 8.99. The van der Waals surface area contributed by atoms with Crippen LogP contribution in [0.2, 0.25) is 0 Å². The van der Waals surface area contributed by atoms with Gasteiger partial charge in [-0.1, -0.05) is 18.2 Å². The summed E-state index contributed by atoms with van der Waals surface area (Å²) in [6.45, 7) is 2.33. The standard InChI is InChI=1S/C20H24O6/c1-5-26-19-14(7-6-8-17(19)24-3)11-15(20(21)22)13-9-10-16(23-2)18(12-13)25-4/h6-10,12,15H,5,11H2,1-4H3,(H,21,22). The lowest BCUT2D eigenvalue weighted by Crippen LogP contribution is -2.15. The molecule has 0 aliphatic carbocycles. The van der Waals surface area contributed by atoms with Gasteiger partial charge in [0.05, 0.1) is 33.9 Å². The van der Waals surface area contributed by atoms with Gasteiger partial charge in [-0.25, -0.2) is 0 Å². The van der Waals surface area contributed by atoms with E-state index in [0.717, 1.165) is 5.56 Å². The highest BCUT2D eigenvalue weighted by molar-refractivity contribution is 5.77. The summed E-state index contributed by atoms with van der Waals surface area (Å²) >= 11 is 0. The van der Waals surface area contributed by atoms with Gasteiger partial charge < -0.3 is 24.1 Å². The maximum Gasteiger partial charge on any atom is 0.311 e. The Morgan fingerprint density at radius 3 is 2.27 bits per heavy atom. The number of para-hydroxylation sites is 1. The molecule has 0 saturated heterocycles. The minimum atomic E-state index is -0.928. The van der Waals surface area contributed by atoms with Gasteiger partial charge in [-0.05, 0) is 42.7 Å². The van der Waals surface area contributed by atoms with Gasteiger partial charge in [0, 0.05) is 0 Å². The minimum absolute atomic E-state index is 0.261. The Morgan fingerprint density at radius 2 is 1.69 bits per heavy atom. The molecule has 2 aromatic carbocycles. The van der Waals surface area contributed by atoms with E-state index >= 15 is 0 Å². The molecule has 0 fully saturated rings. The van der Waals surface area contributed by atoms with Gasteiger partial charge in [-0.3, -0.25) is 4.79 Å². The molecular weight excluding hydrogens is 336 g/mol. The predicted molar refractivity (Wildman–Crippen MR) is 97.8 cm³/mol. The maximum absolute atomic E-state index is 11.9. The van der Waals surface area contributed by atoms with Crippen LogP contribution >= 0.6 is 0 Å². The van der Waals surface area contributed by atoms with Gasteiger partial charge in [-0.15, -0.1) is 0 Å². The van der Waals surface area contributed by atoms with Crippen molar-refractivity contribution in [2.45, 2.75) is 19.3 Å². The molecule has 1 atom stereocenters. The van der Waals surface area contributed by atoms with Crippen LogP contribution in [0.1, 0.15) is 24.0 Å². The van der Waals surface area contributed by atoms with Crippen molar-refractivity contribution in [1.82, 2.24) is 0 Å². The number of aliphatic carboxylic acids is 1. The minimum Gasteiger partial charge on any atom is -0.493 e. The first-order valence-corrected chi connectivity index (χ1v) is 8.29. The topological polar surface area (TPSA) is 74.2 Å². The Balaban J connectivity index is 2.43. The van der Waals surface area contributed by atoms with E-state index in [-0.39, 0.29) is 6.42 Å². The highest BCUT2D eigenvalue weighted by Gasteiger charge is 2.24. The Bertz CT molecular complexity index is 756. The van der Waals surface area contributed by atoms with Crippen molar-refractivity contribution in [1.29, 1.82) is 0 Å². The molecule has 2 aromatic rings. The van der Waals surface area contributed by atoms with E-state index in [4.69, 9.17) is 18.9 Å². The molecule has 0 bridgehead atoms. The van der Waals surface area contributed by atoms with Crippen molar-refractivity contribution >= 4 is 5.97 Å². The van der Waals surface area contributed by atoms with E-state index in [1.807, 2.05) is 19.1 Å². The van der Waals surface area contributed by atoms with Gasteiger partial charge in [0.1, 0.15) is 0 Å². The van der Waals surface area contributed by atoms with Crippen molar-refractivity contribution in [3.63, 3.8) is 0 Å². The summed E-state index contributed by atoms with van der Waals surface area (Å²) in [5.74, 6) is 0.511. The van der Waals surface area contributed by atoms with Crippen molar-refractivity contribution in [3.05, 3.63) is 47.5 Å². The number of rotatable bonds is 9. The number of hydrogen-bond acceptors (Lipinski definition) is 5. The van der Waals surface area contributed by atoms with Crippen LogP contribution in [-0.4, -0.2) is 39.0 Å². The van der Waals surface area contributed by atoms with Crippen LogP contribution in [0, 0.1) is 0 Å². The first-order valence-electron chi connectivity index (χ1n) is 8.29. The summed E-state index contributed by atoms with van der Waals surface area (Å²) in [6, 6.07) is 10.6. The summed E-state index contributed by atoms with van der Waals surface area (Å²) in [7, 11) is 4.62. The summed E-state index contributed by atoms with van der Waals surface area (Å²) in [5, 5.41) is 9.78. The number of carboxylic acids is 1. The van der Waals surface area contributed by atoms with Gasteiger partial charge in [-0.2, -0.15) is 0 Å². The molecular formula is C20H24O6. The van der Waals surface area contributed by atoms with E-state index in [9.17, 15) is 9.90 Å². The van der Waals surface area contributed by atoms with Gasteiger partial charge >= 0.3 is 5.97 Å². The number of carbonyl (C=O) groups is 1. The summed E-state index contributed by atoms with van der Waals surface area (Å²) in [6.07, 6.45) is 0.261. The van der Waals surface area contributed by atoms with Crippen molar-refractivity contribution in [2.24, 2.45) is 0 Å². The van der Waals surface area contributed by atoms with E-state index in [1.54, 1.807) is 31.4 Å². The SMILES string of the molecule is CCOc1c(CC(C(=O)O)c2ccc(OC)c(OC)c2)cccc1OC. The predicted octanol–water partition coefficient (Wildman–Crippen LogP) is 3.52. The molecule has 0 aliphatic rings. The fraction of sp³-hybridized carbons (Fsp3) is 0.350. The van der Waals surface area contributed by atoms with Crippen LogP contribution in [-0.2, 0) is 11.2 Å². The Labute approximate surface area is 153 Å². The second-order valence-corrected chi connectivity index (χ2v) is 5.59. The highest BCUT2D eigenvalue weighted by Crippen LogP contribution is 2.36. The maximum atomic E-state index is 11.9. The van der Waals surface area contributed by atoms with Crippen LogP contribution in [0.5, 0.6) is 23.0 Å². The number of carboxylic acid groups (broad SMARTS) is 1. The van der Waals surface area contributed by atoms with Gasteiger partial charge in [0.2, 0.25) is 0 Å². The van der Waals surface area contributed by atoms with E-state index < -0.39 is 11.9 Å². The van der Waals surface area contributed by atoms with Gasteiger partial charge in [0.25, 0.3) is 0 Å². The molecule has 1 unspecified atom stereocenters. The fourth-order valence-electron chi connectivity index (χ4n) is 2.83. The lowest BCUT2D eigenvalue weighted by atomic mass is 9.91. The van der Waals surface area contributed by atoms with Crippen LogP contribution in [0.15, 0.2) is 36.4 Å². The normalized spacial score (nSPS) is 11.5. The number of benzene rings is 2. The van der Waals surface area contributed by atoms with Crippen molar-refractivity contribution in [3.8, 4) is 23.0 Å². The molecule has 6 heteroatoms. The molecule has 0 radical (unpaired) electrons. The molecule has 1 N–H and O–H groups in total. The molecule has 0 aromatic heterocycles. The van der Waals surface area contributed by atoms with E-state index in [1.165, 1.54) is 14.2 Å². The van der Waals surface area contributed by atoms with Gasteiger partial charge in [0.15, 0.2) is 23.0 Å². The van der Waals surface area contributed by atoms with Crippen LogP contribution < -0.4 is 18.9 Å². The third kappa shape index (κ3) is 4.20. The molecule has 140 valence electrons. The van der Waals surface area contributed by atoms with Crippen LogP contribution in [0.25, 0.3) is 0 Å². The molecule has 6 nitrogen and oxygen atoms in total. The lowest BCUT2D eigenvalue weighted by molar-refractivity contribution is -0.138. The molecule has 2 rings (SSSR count). The molecule has 0 aliphatic heterocycles.